The normalized spacial score (nSPS) is 13.1. The van der Waals surface area contributed by atoms with E-state index in [1.165, 1.54) is 9.47 Å². The quantitative estimate of drug-likeness (QED) is 0.390. The van der Waals surface area contributed by atoms with E-state index in [9.17, 15) is 19.2 Å². The van der Waals surface area contributed by atoms with Crippen LogP contribution in [0.15, 0.2) is 64.2 Å². The molecule has 0 aliphatic heterocycles. The van der Waals surface area contributed by atoms with Crippen molar-refractivity contribution < 1.29 is 9.59 Å². The number of nitrogens with zero attached hydrogens (tertiary/aromatic N) is 3. The summed E-state index contributed by atoms with van der Waals surface area (Å²) in [6.07, 6.45) is 1.95. The van der Waals surface area contributed by atoms with Gasteiger partial charge in [0.15, 0.2) is 5.69 Å². The molecule has 0 saturated heterocycles. The van der Waals surface area contributed by atoms with Gasteiger partial charge in [0.05, 0.1) is 13.1 Å². The number of carbonyl (C=O) groups is 2. The highest BCUT2D eigenvalue weighted by Crippen LogP contribution is 2.29. The van der Waals surface area contributed by atoms with E-state index in [-0.39, 0.29) is 43.1 Å². The van der Waals surface area contributed by atoms with Crippen molar-refractivity contribution in [1.82, 2.24) is 14.5 Å². The summed E-state index contributed by atoms with van der Waals surface area (Å²) in [5.41, 5.74) is 12.5. The van der Waals surface area contributed by atoms with Crippen LogP contribution in [0.3, 0.4) is 0 Å². The molecule has 1 fully saturated rings. The van der Waals surface area contributed by atoms with E-state index in [1.807, 2.05) is 42.5 Å². The van der Waals surface area contributed by atoms with Gasteiger partial charge in [0.25, 0.3) is 5.56 Å². The maximum atomic E-state index is 13.4. The Morgan fingerprint density at radius 1 is 1.03 bits per heavy atom. The number of amides is 2. The Hall–Kier alpha value is -4.18. The van der Waals surface area contributed by atoms with Gasteiger partial charge >= 0.3 is 5.69 Å². The van der Waals surface area contributed by atoms with Crippen LogP contribution in [0.25, 0.3) is 0 Å². The molecule has 2 amide bonds. The van der Waals surface area contributed by atoms with Crippen molar-refractivity contribution in [2.24, 2.45) is 5.73 Å². The van der Waals surface area contributed by atoms with Crippen LogP contribution in [0.1, 0.15) is 41.3 Å². The van der Waals surface area contributed by atoms with E-state index < -0.39 is 17.2 Å². The van der Waals surface area contributed by atoms with Crippen LogP contribution in [0, 0.1) is 0 Å². The Kier molecular flexibility index (Phi) is 7.35. The molecule has 36 heavy (non-hydrogen) atoms. The standard InChI is InChI=1S/C26H30N6O4/c1-2-31(22-23(27)32(26(36)29-25(22)35)15-17-6-4-3-5-7-17)21(33)16-30(20-12-13-20)14-18-8-10-19(11-9-18)24(28)34/h3-11,20H,2,12-16,27H2,1H3,(H2,28,34)(H,29,35,36). The van der Waals surface area contributed by atoms with Crippen LogP contribution in [0.4, 0.5) is 11.5 Å². The number of nitrogens with two attached hydrogens (primary N) is 2. The van der Waals surface area contributed by atoms with E-state index in [4.69, 9.17) is 11.5 Å². The Labute approximate surface area is 208 Å². The average molecular weight is 491 g/mol. The summed E-state index contributed by atoms with van der Waals surface area (Å²) in [4.78, 5) is 55.8. The average Bonchev–Trinajstić information content (AvgIpc) is 3.70. The lowest BCUT2D eigenvalue weighted by atomic mass is 10.1. The van der Waals surface area contributed by atoms with Crippen molar-refractivity contribution in [3.05, 3.63) is 92.1 Å². The Morgan fingerprint density at radius 2 is 1.69 bits per heavy atom. The zero-order valence-corrected chi connectivity index (χ0v) is 20.1. The lowest BCUT2D eigenvalue weighted by Crippen LogP contribution is -2.45. The zero-order chi connectivity index (χ0) is 25.8. The van der Waals surface area contributed by atoms with E-state index in [0.29, 0.717) is 12.1 Å². The number of rotatable bonds is 10. The first-order valence-corrected chi connectivity index (χ1v) is 11.9. The third-order valence-corrected chi connectivity index (χ3v) is 6.31. The number of H-pyrrole nitrogens is 1. The van der Waals surface area contributed by atoms with Gasteiger partial charge in [-0.3, -0.25) is 28.8 Å². The molecule has 4 rings (SSSR count). The number of hydrogen-bond donors (Lipinski definition) is 3. The maximum absolute atomic E-state index is 13.4. The first kappa shape index (κ1) is 24.9. The Morgan fingerprint density at radius 3 is 2.28 bits per heavy atom. The number of benzene rings is 2. The summed E-state index contributed by atoms with van der Waals surface area (Å²) in [6, 6.07) is 16.5. The zero-order valence-electron chi connectivity index (χ0n) is 20.1. The molecule has 0 atom stereocenters. The van der Waals surface area contributed by atoms with Gasteiger partial charge in [-0.25, -0.2) is 4.79 Å². The smallest absolute Gasteiger partial charge is 0.330 e. The molecule has 1 aliphatic carbocycles. The topological polar surface area (TPSA) is 148 Å². The van der Waals surface area contributed by atoms with Gasteiger partial charge < -0.3 is 16.4 Å². The van der Waals surface area contributed by atoms with Crippen LogP contribution < -0.4 is 27.6 Å². The summed E-state index contributed by atoms with van der Waals surface area (Å²) >= 11 is 0. The summed E-state index contributed by atoms with van der Waals surface area (Å²) in [7, 11) is 0. The molecule has 188 valence electrons. The first-order chi connectivity index (χ1) is 17.3. The molecule has 1 saturated carbocycles. The van der Waals surface area contributed by atoms with Crippen LogP contribution in [-0.4, -0.2) is 45.4 Å². The minimum absolute atomic E-state index is 0.0282. The van der Waals surface area contributed by atoms with Gasteiger partial charge in [0.2, 0.25) is 11.8 Å². The fraction of sp³-hybridized carbons (Fsp3) is 0.308. The van der Waals surface area contributed by atoms with E-state index in [2.05, 4.69) is 9.88 Å². The largest absolute Gasteiger partial charge is 0.383 e. The molecule has 1 aromatic heterocycles. The lowest BCUT2D eigenvalue weighted by Gasteiger charge is -2.27. The fourth-order valence-electron chi connectivity index (χ4n) is 4.24. The molecule has 1 aliphatic rings. The Bertz CT molecular complexity index is 1360. The second kappa shape index (κ2) is 10.6. The van der Waals surface area contributed by atoms with Gasteiger partial charge in [-0.05, 0) is 43.0 Å². The first-order valence-electron chi connectivity index (χ1n) is 11.9. The summed E-state index contributed by atoms with van der Waals surface area (Å²) < 4.78 is 1.26. The summed E-state index contributed by atoms with van der Waals surface area (Å²) in [6.45, 7) is 2.71. The number of aromatic amines is 1. The summed E-state index contributed by atoms with van der Waals surface area (Å²) in [5, 5.41) is 0. The maximum Gasteiger partial charge on any atom is 0.330 e. The second-order valence-corrected chi connectivity index (χ2v) is 8.90. The van der Waals surface area contributed by atoms with Gasteiger partial charge in [-0.2, -0.15) is 0 Å². The minimum atomic E-state index is -0.697. The van der Waals surface area contributed by atoms with Gasteiger partial charge in [-0.1, -0.05) is 42.5 Å². The number of nitrogen functional groups attached to an aromatic ring is 1. The SMILES string of the molecule is CCN(C(=O)CN(Cc1ccc(C(N)=O)cc1)C1CC1)c1c(N)n(Cc2ccccc2)c(=O)[nH]c1=O. The molecule has 0 unspecified atom stereocenters. The molecule has 5 N–H and O–H groups in total. The van der Waals surface area contributed by atoms with Crippen molar-refractivity contribution in [2.45, 2.75) is 38.9 Å². The fourth-order valence-corrected chi connectivity index (χ4v) is 4.24. The molecule has 1 heterocycles. The van der Waals surface area contributed by atoms with Crippen molar-refractivity contribution in [2.75, 3.05) is 23.7 Å². The predicted octanol–water partition coefficient (Wildman–Crippen LogP) is 1.28. The minimum Gasteiger partial charge on any atom is -0.383 e. The van der Waals surface area contributed by atoms with E-state index >= 15 is 0 Å². The highest BCUT2D eigenvalue weighted by Gasteiger charge is 2.32. The molecule has 0 spiro atoms. The number of primary amides is 1. The third kappa shape index (κ3) is 5.55. The molecule has 0 radical (unpaired) electrons. The molecular formula is C26H30N6O4. The van der Waals surface area contributed by atoms with Crippen molar-refractivity contribution in [3.8, 4) is 0 Å². The monoisotopic (exact) mass is 490 g/mol. The van der Waals surface area contributed by atoms with Crippen LogP contribution in [0.5, 0.6) is 0 Å². The number of aromatic nitrogens is 2. The van der Waals surface area contributed by atoms with Gasteiger partial charge in [0.1, 0.15) is 5.82 Å². The van der Waals surface area contributed by atoms with Gasteiger partial charge in [-0.15, -0.1) is 0 Å². The predicted molar refractivity (Wildman–Crippen MR) is 138 cm³/mol. The third-order valence-electron chi connectivity index (χ3n) is 6.31. The second-order valence-electron chi connectivity index (χ2n) is 8.90. The van der Waals surface area contributed by atoms with Crippen LogP contribution in [-0.2, 0) is 17.9 Å². The highest BCUT2D eigenvalue weighted by molar-refractivity contribution is 5.97. The molecular weight excluding hydrogens is 460 g/mol. The molecule has 2 aromatic carbocycles. The number of nitrogens with one attached hydrogen (secondary N) is 1. The number of hydrogen-bond acceptors (Lipinski definition) is 6. The molecule has 10 nitrogen and oxygen atoms in total. The van der Waals surface area contributed by atoms with Crippen LogP contribution >= 0.6 is 0 Å². The number of carbonyl (C=O) groups excluding carboxylic acids is 2. The van der Waals surface area contributed by atoms with Gasteiger partial charge in [0, 0.05) is 24.7 Å². The highest BCUT2D eigenvalue weighted by atomic mass is 16.2. The van der Waals surface area contributed by atoms with E-state index in [1.54, 1.807) is 19.1 Å². The summed E-state index contributed by atoms with van der Waals surface area (Å²) in [5.74, 6) is -0.839. The molecule has 3 aromatic rings. The lowest BCUT2D eigenvalue weighted by molar-refractivity contribution is -0.120. The molecule has 0 bridgehead atoms. The number of likely N-dealkylation sites (N-methyl/N-ethyl adjacent to an activating group) is 1. The van der Waals surface area contributed by atoms with E-state index in [0.717, 1.165) is 24.0 Å². The van der Waals surface area contributed by atoms with Crippen LogP contribution in [0.2, 0.25) is 0 Å². The molecule has 10 heteroatoms. The number of anilines is 2. The Balaban J connectivity index is 1.57. The van der Waals surface area contributed by atoms with Crippen molar-refractivity contribution >= 4 is 23.3 Å². The van der Waals surface area contributed by atoms with Crippen molar-refractivity contribution in [3.63, 3.8) is 0 Å². The van der Waals surface area contributed by atoms with Crippen molar-refractivity contribution in [1.29, 1.82) is 0 Å².